The number of ether oxygens (including phenoxy) is 1. The molecule has 6 heteroatoms. The van der Waals surface area contributed by atoms with Crippen LogP contribution in [0.15, 0.2) is 18.2 Å². The predicted octanol–water partition coefficient (Wildman–Crippen LogP) is 1.90. The van der Waals surface area contributed by atoms with E-state index in [1.54, 1.807) is 7.11 Å². The van der Waals surface area contributed by atoms with Crippen LogP contribution in [0.5, 0.6) is 5.75 Å². The van der Waals surface area contributed by atoms with Crippen molar-refractivity contribution in [2.75, 3.05) is 12.8 Å². The average Bonchev–Trinajstić information content (AvgIpc) is 2.83. The van der Waals surface area contributed by atoms with Gasteiger partial charge in [0.15, 0.2) is 5.82 Å². The second kappa shape index (κ2) is 4.53. The molecular formula is C13H17N5O. The van der Waals surface area contributed by atoms with Crippen molar-refractivity contribution in [1.82, 2.24) is 20.2 Å². The Kier molecular flexibility index (Phi) is 2.85. The van der Waals surface area contributed by atoms with Crippen LogP contribution in [0.3, 0.4) is 0 Å². The molecule has 19 heavy (non-hydrogen) atoms. The number of anilines is 1. The number of nitrogens with zero attached hydrogens (tertiary/aromatic N) is 4. The normalized spacial score (nSPS) is 22.0. The van der Waals surface area contributed by atoms with Crippen LogP contribution in [-0.2, 0) is 0 Å². The van der Waals surface area contributed by atoms with Gasteiger partial charge in [0.05, 0.1) is 18.8 Å². The summed E-state index contributed by atoms with van der Waals surface area (Å²) in [5.74, 6) is 2.19. The predicted molar refractivity (Wildman–Crippen MR) is 71.7 cm³/mol. The lowest BCUT2D eigenvalue weighted by Crippen LogP contribution is -2.26. The van der Waals surface area contributed by atoms with Gasteiger partial charge in [-0.05, 0) is 47.4 Å². The summed E-state index contributed by atoms with van der Waals surface area (Å²) in [5, 5.41) is 12.0. The van der Waals surface area contributed by atoms with Gasteiger partial charge < -0.3 is 10.5 Å². The van der Waals surface area contributed by atoms with Crippen LogP contribution in [0.25, 0.3) is 11.4 Å². The Morgan fingerprint density at radius 1 is 1.37 bits per heavy atom. The van der Waals surface area contributed by atoms with Crippen LogP contribution < -0.4 is 10.5 Å². The minimum atomic E-state index is 0.406. The summed E-state index contributed by atoms with van der Waals surface area (Å²) in [6.07, 6.45) is 2.26. The molecule has 1 aromatic carbocycles. The maximum atomic E-state index is 5.93. The van der Waals surface area contributed by atoms with Crippen LogP contribution >= 0.6 is 0 Å². The lowest BCUT2D eigenvalue weighted by Gasteiger charge is -2.32. The molecule has 6 nitrogen and oxygen atoms in total. The molecule has 1 aliphatic carbocycles. The highest BCUT2D eigenvalue weighted by molar-refractivity contribution is 5.66. The van der Waals surface area contributed by atoms with E-state index < -0.39 is 0 Å². The van der Waals surface area contributed by atoms with Crippen molar-refractivity contribution in [1.29, 1.82) is 0 Å². The van der Waals surface area contributed by atoms with Crippen LogP contribution in [0.2, 0.25) is 0 Å². The molecular weight excluding hydrogens is 242 g/mol. The third kappa shape index (κ3) is 2.03. The Labute approximate surface area is 111 Å². The minimum absolute atomic E-state index is 0.406. The third-order valence-corrected chi connectivity index (χ3v) is 3.68. The number of aromatic nitrogens is 4. The van der Waals surface area contributed by atoms with E-state index in [0.29, 0.717) is 17.5 Å². The van der Waals surface area contributed by atoms with Gasteiger partial charge in [0.25, 0.3) is 0 Å². The van der Waals surface area contributed by atoms with Crippen LogP contribution in [0.1, 0.15) is 25.8 Å². The molecule has 1 aliphatic rings. The van der Waals surface area contributed by atoms with Gasteiger partial charge in [-0.2, -0.15) is 0 Å². The number of hydrogen-bond acceptors (Lipinski definition) is 5. The fourth-order valence-corrected chi connectivity index (χ4v) is 2.56. The van der Waals surface area contributed by atoms with E-state index in [9.17, 15) is 0 Å². The van der Waals surface area contributed by atoms with E-state index in [1.807, 2.05) is 22.9 Å². The summed E-state index contributed by atoms with van der Waals surface area (Å²) in [6, 6.07) is 6.03. The highest BCUT2D eigenvalue weighted by Crippen LogP contribution is 2.38. The number of hydrogen-bond donors (Lipinski definition) is 1. The standard InChI is InChI=1S/C13H17N5O/c1-8-5-10(6-8)18-13(15-16-17-18)9-3-4-12(19-2)11(14)7-9/h3-4,7-8,10H,5-6,14H2,1-2H3. The number of rotatable bonds is 3. The smallest absolute Gasteiger partial charge is 0.182 e. The third-order valence-electron chi connectivity index (χ3n) is 3.68. The summed E-state index contributed by atoms with van der Waals surface area (Å²) in [6.45, 7) is 2.24. The molecule has 2 N–H and O–H groups in total. The van der Waals surface area contributed by atoms with Gasteiger partial charge in [0.2, 0.25) is 0 Å². The summed E-state index contributed by atoms with van der Waals surface area (Å²) in [4.78, 5) is 0. The van der Waals surface area contributed by atoms with E-state index in [4.69, 9.17) is 10.5 Å². The topological polar surface area (TPSA) is 78.9 Å². The largest absolute Gasteiger partial charge is 0.495 e. The molecule has 100 valence electrons. The molecule has 1 fully saturated rings. The molecule has 2 aromatic rings. The van der Waals surface area contributed by atoms with Crippen molar-refractivity contribution in [3.63, 3.8) is 0 Å². The lowest BCUT2D eigenvalue weighted by atomic mass is 9.82. The van der Waals surface area contributed by atoms with Gasteiger partial charge in [0, 0.05) is 5.56 Å². The lowest BCUT2D eigenvalue weighted by molar-refractivity contribution is 0.199. The van der Waals surface area contributed by atoms with Crippen molar-refractivity contribution < 1.29 is 4.74 Å². The second-order valence-corrected chi connectivity index (χ2v) is 5.13. The highest BCUT2D eigenvalue weighted by Gasteiger charge is 2.30. The number of benzene rings is 1. The number of methoxy groups -OCH3 is 1. The summed E-state index contributed by atoms with van der Waals surface area (Å²) in [7, 11) is 1.60. The minimum Gasteiger partial charge on any atom is -0.495 e. The van der Waals surface area contributed by atoms with Crippen LogP contribution in [0, 0.1) is 5.92 Å². The first-order valence-corrected chi connectivity index (χ1v) is 6.40. The maximum Gasteiger partial charge on any atom is 0.182 e. The Morgan fingerprint density at radius 2 is 2.16 bits per heavy atom. The van der Waals surface area contributed by atoms with Crippen molar-refractivity contribution in [2.24, 2.45) is 5.92 Å². The number of tetrazole rings is 1. The fourth-order valence-electron chi connectivity index (χ4n) is 2.56. The molecule has 0 bridgehead atoms. The quantitative estimate of drug-likeness (QED) is 0.852. The van der Waals surface area contributed by atoms with Crippen molar-refractivity contribution in [3.8, 4) is 17.1 Å². The Bertz CT molecular complexity index is 588. The van der Waals surface area contributed by atoms with Crippen LogP contribution in [0.4, 0.5) is 5.69 Å². The van der Waals surface area contributed by atoms with Gasteiger partial charge in [-0.25, -0.2) is 4.68 Å². The zero-order valence-corrected chi connectivity index (χ0v) is 11.1. The van der Waals surface area contributed by atoms with E-state index in [-0.39, 0.29) is 0 Å². The van der Waals surface area contributed by atoms with Gasteiger partial charge in [-0.1, -0.05) is 6.92 Å². The Balaban J connectivity index is 1.94. The highest BCUT2D eigenvalue weighted by atomic mass is 16.5. The van der Waals surface area contributed by atoms with Gasteiger partial charge >= 0.3 is 0 Å². The molecule has 0 unspecified atom stereocenters. The molecule has 0 radical (unpaired) electrons. The molecule has 0 saturated heterocycles. The monoisotopic (exact) mass is 259 g/mol. The van der Waals surface area contributed by atoms with E-state index >= 15 is 0 Å². The summed E-state index contributed by atoms with van der Waals surface area (Å²) in [5.41, 5.74) is 7.44. The van der Waals surface area contributed by atoms with Gasteiger partial charge in [-0.15, -0.1) is 5.10 Å². The molecule has 0 amide bonds. The molecule has 1 aromatic heterocycles. The first kappa shape index (κ1) is 12.0. The van der Waals surface area contributed by atoms with Crippen molar-refractivity contribution >= 4 is 5.69 Å². The first-order chi connectivity index (χ1) is 9.19. The van der Waals surface area contributed by atoms with E-state index in [2.05, 4.69) is 22.4 Å². The first-order valence-electron chi connectivity index (χ1n) is 6.40. The zero-order chi connectivity index (χ0) is 13.4. The average molecular weight is 259 g/mol. The molecule has 3 rings (SSSR count). The van der Waals surface area contributed by atoms with Gasteiger partial charge in [0.1, 0.15) is 5.75 Å². The number of nitrogen functional groups attached to an aromatic ring is 1. The van der Waals surface area contributed by atoms with Crippen LogP contribution in [-0.4, -0.2) is 27.3 Å². The molecule has 0 spiro atoms. The van der Waals surface area contributed by atoms with E-state index in [0.717, 1.165) is 30.1 Å². The van der Waals surface area contributed by atoms with Crippen molar-refractivity contribution in [2.45, 2.75) is 25.8 Å². The second-order valence-electron chi connectivity index (χ2n) is 5.13. The Hall–Kier alpha value is -2.11. The fraction of sp³-hybridized carbons (Fsp3) is 0.462. The molecule has 0 aliphatic heterocycles. The number of nitrogens with two attached hydrogens (primary N) is 1. The summed E-state index contributed by atoms with van der Waals surface area (Å²) < 4.78 is 7.06. The summed E-state index contributed by atoms with van der Waals surface area (Å²) >= 11 is 0. The zero-order valence-electron chi connectivity index (χ0n) is 11.1. The van der Waals surface area contributed by atoms with Gasteiger partial charge in [-0.3, -0.25) is 0 Å². The Morgan fingerprint density at radius 3 is 2.79 bits per heavy atom. The van der Waals surface area contributed by atoms with Crippen molar-refractivity contribution in [3.05, 3.63) is 18.2 Å². The molecule has 1 heterocycles. The molecule has 1 saturated carbocycles. The van der Waals surface area contributed by atoms with E-state index in [1.165, 1.54) is 0 Å². The molecule has 0 atom stereocenters. The maximum absolute atomic E-state index is 5.93. The SMILES string of the molecule is COc1ccc(-c2nnnn2C2CC(C)C2)cc1N.